The van der Waals surface area contributed by atoms with Gasteiger partial charge in [-0.25, -0.2) is 4.98 Å². The summed E-state index contributed by atoms with van der Waals surface area (Å²) in [6.45, 7) is 4.05. The van der Waals surface area contributed by atoms with Crippen LogP contribution in [0.15, 0.2) is 11.3 Å². The monoisotopic (exact) mass is 406 g/mol. The number of hydrogen-bond acceptors (Lipinski definition) is 3. The number of hydrogen-bond donors (Lipinski definition) is 1. The maximum Gasteiger partial charge on any atom is 0.193 e. The van der Waals surface area contributed by atoms with Gasteiger partial charge >= 0.3 is 0 Å². The van der Waals surface area contributed by atoms with Crippen molar-refractivity contribution < 1.29 is 0 Å². The van der Waals surface area contributed by atoms with E-state index in [1.54, 1.807) is 11.0 Å². The minimum absolute atomic E-state index is 0. The summed E-state index contributed by atoms with van der Waals surface area (Å²) in [5, 5.41) is 7.60. The fourth-order valence-corrected chi connectivity index (χ4v) is 2.83. The number of aliphatic imine (C=N–C) groups is 1. The quantitative estimate of drug-likeness (QED) is 0.472. The van der Waals surface area contributed by atoms with E-state index in [1.165, 1.54) is 25.7 Å². The van der Waals surface area contributed by atoms with Crippen molar-refractivity contribution in [3.8, 4) is 0 Å². The van der Waals surface area contributed by atoms with E-state index >= 15 is 0 Å². The SMILES string of the molecule is CN=C(NCC1(C)CCCC1)N(C)Cc1ncnn1C.I. The highest BCUT2D eigenvalue weighted by molar-refractivity contribution is 14.0. The van der Waals surface area contributed by atoms with E-state index in [4.69, 9.17) is 0 Å². The van der Waals surface area contributed by atoms with E-state index in [-0.39, 0.29) is 24.0 Å². The van der Waals surface area contributed by atoms with Crippen LogP contribution in [0.3, 0.4) is 0 Å². The lowest BCUT2D eigenvalue weighted by Crippen LogP contribution is -2.43. The van der Waals surface area contributed by atoms with Gasteiger partial charge in [0.15, 0.2) is 5.96 Å². The van der Waals surface area contributed by atoms with Gasteiger partial charge in [-0.05, 0) is 18.3 Å². The average molecular weight is 406 g/mol. The average Bonchev–Trinajstić information content (AvgIpc) is 3.01. The van der Waals surface area contributed by atoms with Gasteiger partial charge in [-0.2, -0.15) is 5.10 Å². The third kappa shape index (κ3) is 4.82. The molecular formula is C14H27IN6. The lowest BCUT2D eigenvalue weighted by atomic mass is 9.89. The third-order valence-corrected chi connectivity index (χ3v) is 4.24. The van der Waals surface area contributed by atoms with E-state index in [2.05, 4.69) is 32.2 Å². The Kier molecular flexibility index (Phi) is 6.89. The van der Waals surface area contributed by atoms with Crippen LogP contribution in [0, 0.1) is 5.41 Å². The molecule has 1 fully saturated rings. The molecule has 0 spiro atoms. The van der Waals surface area contributed by atoms with Gasteiger partial charge in [-0.15, -0.1) is 24.0 Å². The highest BCUT2D eigenvalue weighted by Gasteiger charge is 2.28. The predicted octanol–water partition coefficient (Wildman–Crippen LogP) is 2.02. The Morgan fingerprint density at radius 2 is 2.14 bits per heavy atom. The fourth-order valence-electron chi connectivity index (χ4n) is 2.83. The van der Waals surface area contributed by atoms with Crippen molar-refractivity contribution >= 4 is 29.9 Å². The minimum atomic E-state index is 0. The van der Waals surface area contributed by atoms with Crippen molar-refractivity contribution in [2.75, 3.05) is 20.6 Å². The molecule has 0 radical (unpaired) electrons. The standard InChI is InChI=1S/C14H26N6.HI/c1-14(7-5-6-8-14)10-16-13(15-2)19(3)9-12-17-11-18-20(12)4;/h11H,5-10H2,1-4H3,(H,15,16);1H. The van der Waals surface area contributed by atoms with E-state index < -0.39 is 0 Å². The van der Waals surface area contributed by atoms with E-state index in [1.807, 2.05) is 21.1 Å². The number of rotatable bonds is 4. The topological polar surface area (TPSA) is 58.3 Å². The van der Waals surface area contributed by atoms with Crippen LogP contribution in [0.1, 0.15) is 38.4 Å². The van der Waals surface area contributed by atoms with Crippen LogP contribution in [0.4, 0.5) is 0 Å². The summed E-state index contributed by atoms with van der Waals surface area (Å²) in [5.74, 6) is 1.85. The molecular weight excluding hydrogens is 379 g/mol. The molecule has 120 valence electrons. The molecule has 1 N–H and O–H groups in total. The first-order valence-corrected chi connectivity index (χ1v) is 7.29. The highest BCUT2D eigenvalue weighted by atomic mass is 127. The third-order valence-electron chi connectivity index (χ3n) is 4.24. The normalized spacial score (nSPS) is 17.4. The van der Waals surface area contributed by atoms with Crippen LogP contribution in [0.25, 0.3) is 0 Å². The summed E-state index contributed by atoms with van der Waals surface area (Å²) in [7, 11) is 5.76. The van der Waals surface area contributed by atoms with Crippen molar-refractivity contribution in [3.05, 3.63) is 12.2 Å². The molecule has 1 aliphatic carbocycles. The first kappa shape index (κ1) is 18.2. The van der Waals surface area contributed by atoms with Crippen LogP contribution < -0.4 is 5.32 Å². The molecule has 1 heterocycles. The second kappa shape index (κ2) is 7.95. The van der Waals surface area contributed by atoms with Gasteiger partial charge in [-0.1, -0.05) is 19.8 Å². The molecule has 0 unspecified atom stereocenters. The Bertz CT molecular complexity index is 464. The number of halogens is 1. The van der Waals surface area contributed by atoms with Crippen LogP contribution in [-0.4, -0.2) is 46.3 Å². The zero-order valence-corrected chi connectivity index (χ0v) is 15.8. The Hall–Kier alpha value is -0.860. The van der Waals surface area contributed by atoms with Crippen LogP contribution in [-0.2, 0) is 13.6 Å². The second-order valence-corrected chi connectivity index (χ2v) is 6.07. The van der Waals surface area contributed by atoms with Gasteiger partial charge in [0.1, 0.15) is 12.2 Å². The molecule has 1 aromatic rings. The van der Waals surface area contributed by atoms with Crippen LogP contribution in [0.2, 0.25) is 0 Å². The van der Waals surface area contributed by atoms with Crippen LogP contribution >= 0.6 is 24.0 Å². The lowest BCUT2D eigenvalue weighted by Gasteiger charge is -2.28. The number of nitrogens with one attached hydrogen (secondary N) is 1. The molecule has 0 aliphatic heterocycles. The molecule has 0 aromatic carbocycles. The maximum absolute atomic E-state index is 4.36. The van der Waals surface area contributed by atoms with Gasteiger partial charge in [0, 0.05) is 27.7 Å². The molecule has 21 heavy (non-hydrogen) atoms. The summed E-state index contributed by atoms with van der Waals surface area (Å²) in [6, 6.07) is 0. The van der Waals surface area contributed by atoms with Crippen molar-refractivity contribution in [1.82, 2.24) is 25.0 Å². The predicted molar refractivity (Wildman–Crippen MR) is 95.8 cm³/mol. The number of aryl methyl sites for hydroxylation is 1. The van der Waals surface area contributed by atoms with Gasteiger partial charge < -0.3 is 10.2 Å². The lowest BCUT2D eigenvalue weighted by molar-refractivity contribution is 0.326. The van der Waals surface area contributed by atoms with Crippen molar-refractivity contribution in [1.29, 1.82) is 0 Å². The fraction of sp³-hybridized carbons (Fsp3) is 0.786. The van der Waals surface area contributed by atoms with Gasteiger partial charge in [0.2, 0.25) is 0 Å². The zero-order valence-electron chi connectivity index (χ0n) is 13.5. The minimum Gasteiger partial charge on any atom is -0.356 e. The summed E-state index contributed by atoms with van der Waals surface area (Å²) >= 11 is 0. The Labute approximate surface area is 144 Å². The highest BCUT2D eigenvalue weighted by Crippen LogP contribution is 2.36. The molecule has 1 saturated carbocycles. The Morgan fingerprint density at radius 3 is 2.67 bits per heavy atom. The van der Waals surface area contributed by atoms with Crippen molar-refractivity contribution in [3.63, 3.8) is 0 Å². The molecule has 2 rings (SSSR count). The first-order valence-electron chi connectivity index (χ1n) is 7.29. The smallest absolute Gasteiger partial charge is 0.193 e. The van der Waals surface area contributed by atoms with Crippen molar-refractivity contribution in [2.24, 2.45) is 17.5 Å². The van der Waals surface area contributed by atoms with Gasteiger partial charge in [0.25, 0.3) is 0 Å². The molecule has 1 aromatic heterocycles. The van der Waals surface area contributed by atoms with E-state index in [0.29, 0.717) is 12.0 Å². The maximum atomic E-state index is 4.36. The summed E-state index contributed by atoms with van der Waals surface area (Å²) in [6.07, 6.45) is 6.91. The largest absolute Gasteiger partial charge is 0.356 e. The number of guanidine groups is 1. The van der Waals surface area contributed by atoms with Gasteiger partial charge in [0.05, 0.1) is 6.54 Å². The number of aromatic nitrogens is 3. The molecule has 0 amide bonds. The molecule has 0 bridgehead atoms. The second-order valence-electron chi connectivity index (χ2n) is 6.07. The van der Waals surface area contributed by atoms with Gasteiger partial charge in [-0.3, -0.25) is 9.67 Å². The first-order chi connectivity index (χ1) is 9.54. The molecule has 6 nitrogen and oxygen atoms in total. The summed E-state index contributed by atoms with van der Waals surface area (Å²) in [5.41, 5.74) is 0.418. The molecule has 7 heteroatoms. The molecule has 0 atom stereocenters. The van der Waals surface area contributed by atoms with Crippen molar-refractivity contribution in [2.45, 2.75) is 39.2 Å². The Morgan fingerprint density at radius 1 is 1.48 bits per heavy atom. The molecule has 0 saturated heterocycles. The molecule has 1 aliphatic rings. The van der Waals surface area contributed by atoms with E-state index in [0.717, 1.165) is 18.3 Å². The summed E-state index contributed by atoms with van der Waals surface area (Å²) < 4.78 is 1.79. The summed E-state index contributed by atoms with van der Waals surface area (Å²) in [4.78, 5) is 10.7. The van der Waals surface area contributed by atoms with Crippen LogP contribution in [0.5, 0.6) is 0 Å². The Balaban J connectivity index is 0.00000220. The van der Waals surface area contributed by atoms with E-state index in [9.17, 15) is 0 Å². The number of nitrogens with zero attached hydrogens (tertiary/aromatic N) is 5. The zero-order chi connectivity index (χ0) is 14.6.